The number of hydrogen-bond acceptors (Lipinski definition) is 8. The molecule has 1 aliphatic heterocycles. The van der Waals surface area contributed by atoms with Gasteiger partial charge in [-0.05, 0) is 64.5 Å². The van der Waals surface area contributed by atoms with Crippen LogP contribution in [0.4, 0.5) is 23.1 Å². The van der Waals surface area contributed by atoms with Gasteiger partial charge in [0.05, 0.1) is 24.9 Å². The Bertz CT molecular complexity index is 1170. The van der Waals surface area contributed by atoms with Gasteiger partial charge in [0.2, 0.25) is 11.9 Å². The summed E-state index contributed by atoms with van der Waals surface area (Å²) in [6.07, 6.45) is 8.05. The molecular formula is C29H43N7O3. The number of aromatic nitrogens is 2. The molecule has 0 saturated heterocycles. The fourth-order valence-corrected chi connectivity index (χ4v) is 5.44. The largest absolute Gasteiger partial charge is 0.495 e. The van der Waals surface area contributed by atoms with Crippen LogP contribution < -0.4 is 25.2 Å². The van der Waals surface area contributed by atoms with E-state index in [1.54, 1.807) is 37.4 Å². The molecule has 2 N–H and O–H groups in total. The maximum Gasteiger partial charge on any atom is 0.251 e. The first-order chi connectivity index (χ1) is 18.7. The highest BCUT2D eigenvalue weighted by Gasteiger charge is 2.35. The van der Waals surface area contributed by atoms with Crippen LogP contribution in [-0.2, 0) is 4.79 Å². The summed E-state index contributed by atoms with van der Waals surface area (Å²) in [5, 5.41) is 6.42. The number of carbonyl (C=O) groups is 2. The summed E-state index contributed by atoms with van der Waals surface area (Å²) >= 11 is 0. The summed E-state index contributed by atoms with van der Waals surface area (Å²) in [7, 11) is 7.44. The molecule has 2 unspecified atom stereocenters. The SMILES string of the molecule is CCC(CCN(C)C)NC(=O)c1ccc(Nc2ncc3c(n2)N(C2CCCC2)CC(C)C(=O)N3C)c(OC)c1. The average Bonchev–Trinajstić information content (AvgIpc) is 3.45. The monoisotopic (exact) mass is 537 g/mol. The predicted octanol–water partition coefficient (Wildman–Crippen LogP) is 4.05. The Balaban J connectivity index is 1.56. The molecule has 2 amide bonds. The minimum absolute atomic E-state index is 0.0728. The van der Waals surface area contributed by atoms with Crippen LogP contribution in [0.2, 0.25) is 0 Å². The van der Waals surface area contributed by atoms with Crippen molar-refractivity contribution in [2.24, 2.45) is 5.92 Å². The van der Waals surface area contributed by atoms with Gasteiger partial charge < -0.3 is 30.1 Å². The molecule has 212 valence electrons. The summed E-state index contributed by atoms with van der Waals surface area (Å²) in [6, 6.07) is 5.80. The Labute approximate surface area is 232 Å². The van der Waals surface area contributed by atoms with Crippen molar-refractivity contribution in [3.05, 3.63) is 30.0 Å². The lowest BCUT2D eigenvalue weighted by Gasteiger charge is -2.31. The van der Waals surface area contributed by atoms with Crippen molar-refractivity contribution in [1.29, 1.82) is 0 Å². The fourth-order valence-electron chi connectivity index (χ4n) is 5.44. The second-order valence-electron chi connectivity index (χ2n) is 11.0. The molecule has 0 spiro atoms. The first-order valence-corrected chi connectivity index (χ1v) is 14.0. The summed E-state index contributed by atoms with van der Waals surface area (Å²) in [6.45, 7) is 5.61. The highest BCUT2D eigenvalue weighted by molar-refractivity contribution is 5.99. The number of hydrogen-bond donors (Lipinski definition) is 2. The Morgan fingerprint density at radius 1 is 1.26 bits per heavy atom. The van der Waals surface area contributed by atoms with Crippen molar-refractivity contribution in [1.82, 2.24) is 20.2 Å². The van der Waals surface area contributed by atoms with Gasteiger partial charge in [0.1, 0.15) is 11.4 Å². The van der Waals surface area contributed by atoms with Crippen molar-refractivity contribution in [3.63, 3.8) is 0 Å². The van der Waals surface area contributed by atoms with Gasteiger partial charge in [0.15, 0.2) is 5.82 Å². The minimum atomic E-state index is -0.129. The van der Waals surface area contributed by atoms with E-state index < -0.39 is 0 Å². The third-order valence-corrected chi connectivity index (χ3v) is 7.83. The number of methoxy groups -OCH3 is 1. The molecule has 1 saturated carbocycles. The molecule has 1 aromatic heterocycles. The van der Waals surface area contributed by atoms with Gasteiger partial charge >= 0.3 is 0 Å². The van der Waals surface area contributed by atoms with Gasteiger partial charge in [0.25, 0.3) is 5.91 Å². The zero-order valence-electron chi connectivity index (χ0n) is 24.2. The Kier molecular flexibility index (Phi) is 9.27. The van der Waals surface area contributed by atoms with Gasteiger partial charge in [-0.1, -0.05) is 26.7 Å². The van der Waals surface area contributed by atoms with E-state index in [2.05, 4.69) is 32.3 Å². The number of fused-ring (bicyclic) bond motifs is 1. The highest BCUT2D eigenvalue weighted by Crippen LogP contribution is 2.38. The third kappa shape index (κ3) is 6.61. The predicted molar refractivity (Wildman–Crippen MR) is 155 cm³/mol. The molecule has 2 heterocycles. The van der Waals surface area contributed by atoms with Gasteiger partial charge in [-0.15, -0.1) is 0 Å². The topological polar surface area (TPSA) is 103 Å². The number of amides is 2. The number of benzene rings is 1. The first kappa shape index (κ1) is 28.6. The molecule has 10 nitrogen and oxygen atoms in total. The molecule has 4 rings (SSSR count). The van der Waals surface area contributed by atoms with Crippen LogP contribution in [0.5, 0.6) is 5.75 Å². The van der Waals surface area contributed by atoms with Crippen molar-refractivity contribution in [3.8, 4) is 5.75 Å². The highest BCUT2D eigenvalue weighted by atomic mass is 16.5. The van der Waals surface area contributed by atoms with E-state index >= 15 is 0 Å². The van der Waals surface area contributed by atoms with E-state index in [4.69, 9.17) is 9.72 Å². The number of anilines is 4. The van der Waals surface area contributed by atoms with Crippen molar-refractivity contribution in [2.75, 3.05) is 56.5 Å². The van der Waals surface area contributed by atoms with E-state index in [-0.39, 0.29) is 23.8 Å². The second-order valence-corrected chi connectivity index (χ2v) is 11.0. The average molecular weight is 538 g/mol. The van der Waals surface area contributed by atoms with E-state index in [9.17, 15) is 9.59 Å². The van der Waals surface area contributed by atoms with Crippen LogP contribution in [0, 0.1) is 5.92 Å². The molecular weight excluding hydrogens is 494 g/mol. The van der Waals surface area contributed by atoms with Gasteiger partial charge in [-0.25, -0.2) is 4.98 Å². The quantitative estimate of drug-likeness (QED) is 0.468. The van der Waals surface area contributed by atoms with Crippen LogP contribution in [0.25, 0.3) is 0 Å². The third-order valence-electron chi connectivity index (χ3n) is 7.83. The molecule has 1 aromatic carbocycles. The molecule has 1 fully saturated rings. The van der Waals surface area contributed by atoms with Crippen LogP contribution in [-0.4, -0.2) is 80.1 Å². The standard InChI is InChI=1S/C29H43N7O3/c1-7-21(14-15-34(3)4)31-27(37)20-12-13-23(25(16-20)39-6)32-29-30-17-24-26(33-29)36(22-10-8-9-11-22)18-19(2)28(38)35(24)5/h12-13,16-17,19,21-22H,7-11,14-15,18H2,1-6H3,(H,31,37)(H,30,32,33). The van der Waals surface area contributed by atoms with E-state index in [1.165, 1.54) is 12.8 Å². The first-order valence-electron chi connectivity index (χ1n) is 14.0. The lowest BCUT2D eigenvalue weighted by atomic mass is 10.1. The molecule has 39 heavy (non-hydrogen) atoms. The Morgan fingerprint density at radius 2 is 2.00 bits per heavy atom. The molecule has 0 radical (unpaired) electrons. The van der Waals surface area contributed by atoms with E-state index in [0.717, 1.165) is 43.7 Å². The molecule has 2 aliphatic rings. The molecule has 10 heteroatoms. The van der Waals surface area contributed by atoms with Crippen molar-refractivity contribution < 1.29 is 14.3 Å². The number of rotatable bonds is 10. The van der Waals surface area contributed by atoms with Crippen molar-refractivity contribution in [2.45, 2.75) is 64.5 Å². The number of nitrogens with one attached hydrogen (secondary N) is 2. The van der Waals surface area contributed by atoms with E-state index in [0.29, 0.717) is 35.5 Å². The zero-order valence-corrected chi connectivity index (χ0v) is 24.2. The van der Waals surface area contributed by atoms with Crippen LogP contribution in [0.1, 0.15) is 62.7 Å². The Hall–Kier alpha value is -3.40. The van der Waals surface area contributed by atoms with Crippen LogP contribution >= 0.6 is 0 Å². The number of ether oxygens (including phenoxy) is 1. The smallest absolute Gasteiger partial charge is 0.251 e. The number of nitrogens with zero attached hydrogens (tertiary/aromatic N) is 5. The molecule has 0 bridgehead atoms. The van der Waals surface area contributed by atoms with Gasteiger partial charge in [0, 0.05) is 31.2 Å². The van der Waals surface area contributed by atoms with Crippen LogP contribution in [0.3, 0.4) is 0 Å². The van der Waals surface area contributed by atoms with Gasteiger partial charge in [-0.2, -0.15) is 4.98 Å². The maximum absolute atomic E-state index is 13.0. The Morgan fingerprint density at radius 3 is 2.67 bits per heavy atom. The maximum atomic E-state index is 13.0. The lowest BCUT2D eigenvalue weighted by Crippen LogP contribution is -2.38. The minimum Gasteiger partial charge on any atom is -0.495 e. The van der Waals surface area contributed by atoms with Crippen molar-refractivity contribution >= 4 is 35.0 Å². The molecule has 2 aromatic rings. The molecule has 2 atom stereocenters. The normalized spacial score (nSPS) is 18.6. The van der Waals surface area contributed by atoms with Gasteiger partial charge in [-0.3, -0.25) is 9.59 Å². The summed E-state index contributed by atoms with van der Waals surface area (Å²) in [5.74, 6) is 1.53. The fraction of sp³-hybridized carbons (Fsp3) is 0.586. The second kappa shape index (κ2) is 12.6. The summed E-state index contributed by atoms with van der Waals surface area (Å²) in [4.78, 5) is 41.4. The molecule has 1 aliphatic carbocycles. The van der Waals surface area contributed by atoms with Crippen LogP contribution in [0.15, 0.2) is 24.4 Å². The van der Waals surface area contributed by atoms with E-state index in [1.807, 2.05) is 27.1 Å². The number of carbonyl (C=O) groups excluding carboxylic acids is 2. The summed E-state index contributed by atoms with van der Waals surface area (Å²) in [5.41, 5.74) is 1.91. The zero-order chi connectivity index (χ0) is 28.1. The summed E-state index contributed by atoms with van der Waals surface area (Å²) < 4.78 is 5.63. The lowest BCUT2D eigenvalue weighted by molar-refractivity contribution is -0.121.